The topological polar surface area (TPSA) is 37.3 Å². The Hall–Kier alpha value is -0.630. The van der Waals surface area contributed by atoms with Gasteiger partial charge in [-0.05, 0) is 93.0 Å². The molecule has 128 valence electrons. The molecule has 0 aromatic heterocycles. The van der Waals surface area contributed by atoms with Crippen molar-refractivity contribution in [2.24, 2.45) is 28.6 Å². The minimum atomic E-state index is -0.488. The third-order valence-corrected chi connectivity index (χ3v) is 8.98. The second-order valence-corrected chi connectivity index (χ2v) is 9.63. The SMILES string of the molecule is CC1=C2CC[C@@H]3[C@H](CC[C@@]4(C)[C@H]3CC[C@]4(C)O)[C@@]2(C)CCC1=O. The van der Waals surface area contributed by atoms with Crippen molar-refractivity contribution in [2.75, 3.05) is 0 Å². The first-order valence-corrected chi connectivity index (χ1v) is 9.66. The van der Waals surface area contributed by atoms with E-state index in [1.807, 2.05) is 0 Å². The number of allylic oxidation sites excluding steroid dienone is 1. The fourth-order valence-corrected chi connectivity index (χ4v) is 7.23. The Morgan fingerprint density at radius 2 is 1.65 bits per heavy atom. The van der Waals surface area contributed by atoms with E-state index in [9.17, 15) is 9.90 Å². The molecular weight excluding hydrogens is 284 g/mol. The summed E-state index contributed by atoms with van der Waals surface area (Å²) in [6.45, 7) is 8.95. The van der Waals surface area contributed by atoms with Crippen LogP contribution in [0.5, 0.6) is 0 Å². The highest BCUT2D eigenvalue weighted by molar-refractivity contribution is 5.96. The third-order valence-electron chi connectivity index (χ3n) is 8.98. The molecule has 0 radical (unpaired) electrons. The number of aliphatic hydroxyl groups is 1. The molecule has 0 heterocycles. The summed E-state index contributed by atoms with van der Waals surface area (Å²) in [6, 6.07) is 0. The lowest BCUT2D eigenvalue weighted by Gasteiger charge is -2.59. The molecule has 0 aromatic carbocycles. The normalized spacial score (nSPS) is 52.9. The molecule has 4 rings (SSSR count). The van der Waals surface area contributed by atoms with Crippen LogP contribution in [-0.2, 0) is 4.79 Å². The molecule has 0 aliphatic heterocycles. The lowest BCUT2D eigenvalue weighted by molar-refractivity contribution is -0.125. The van der Waals surface area contributed by atoms with Gasteiger partial charge in [0.15, 0.2) is 5.78 Å². The zero-order chi connectivity index (χ0) is 16.6. The van der Waals surface area contributed by atoms with Crippen molar-refractivity contribution in [1.82, 2.24) is 0 Å². The van der Waals surface area contributed by atoms with Crippen molar-refractivity contribution in [3.05, 3.63) is 11.1 Å². The number of Topliss-reactive ketones (excluding diaryl/α,β-unsaturated/α-hetero) is 1. The Kier molecular flexibility index (Phi) is 3.25. The van der Waals surface area contributed by atoms with Gasteiger partial charge in [0.05, 0.1) is 5.60 Å². The van der Waals surface area contributed by atoms with Gasteiger partial charge in [-0.2, -0.15) is 0 Å². The Bertz CT molecular complexity index is 587. The maximum Gasteiger partial charge on any atom is 0.158 e. The van der Waals surface area contributed by atoms with E-state index in [1.54, 1.807) is 0 Å². The Morgan fingerprint density at radius 1 is 0.957 bits per heavy atom. The Labute approximate surface area is 140 Å². The molecule has 0 amide bonds. The molecule has 4 aliphatic rings. The van der Waals surface area contributed by atoms with Crippen LogP contribution in [0, 0.1) is 28.6 Å². The lowest BCUT2D eigenvalue weighted by Crippen LogP contribution is -2.54. The third kappa shape index (κ3) is 1.88. The van der Waals surface area contributed by atoms with Crippen molar-refractivity contribution in [3.63, 3.8) is 0 Å². The van der Waals surface area contributed by atoms with Gasteiger partial charge < -0.3 is 5.11 Å². The molecule has 0 aromatic rings. The van der Waals surface area contributed by atoms with E-state index in [-0.39, 0.29) is 10.8 Å². The predicted molar refractivity (Wildman–Crippen MR) is 92.0 cm³/mol. The van der Waals surface area contributed by atoms with Crippen LogP contribution in [-0.4, -0.2) is 16.5 Å². The maximum atomic E-state index is 12.2. The Balaban J connectivity index is 1.72. The van der Waals surface area contributed by atoms with Crippen LogP contribution in [0.1, 0.15) is 79.1 Å². The molecule has 4 aliphatic carbocycles. The molecule has 2 nitrogen and oxygen atoms in total. The van der Waals surface area contributed by atoms with Gasteiger partial charge in [-0.25, -0.2) is 0 Å². The van der Waals surface area contributed by atoms with E-state index in [0.717, 1.165) is 49.5 Å². The average Bonchev–Trinajstić information content (AvgIpc) is 2.74. The molecule has 3 saturated carbocycles. The standard InChI is InChI=1S/C21H32O2/c1-13-15-6-5-14-16(19(15,2)10-9-18(13)22)7-11-20(3)17(14)8-12-21(20,4)23/h14,16-17,23H,5-12H2,1-4H3/t14-,16+,17+,19+,20+,21+/m1/s1. The summed E-state index contributed by atoms with van der Waals surface area (Å²) < 4.78 is 0. The Morgan fingerprint density at radius 3 is 2.39 bits per heavy atom. The first-order valence-electron chi connectivity index (χ1n) is 9.66. The van der Waals surface area contributed by atoms with Crippen LogP contribution < -0.4 is 0 Å². The van der Waals surface area contributed by atoms with E-state index in [1.165, 1.54) is 24.8 Å². The number of rotatable bonds is 0. The largest absolute Gasteiger partial charge is 0.390 e. The quantitative estimate of drug-likeness (QED) is 0.706. The molecule has 1 N–H and O–H groups in total. The average molecular weight is 316 g/mol. The van der Waals surface area contributed by atoms with E-state index in [4.69, 9.17) is 0 Å². The number of hydrogen-bond donors (Lipinski definition) is 1. The minimum absolute atomic E-state index is 0.102. The highest BCUT2D eigenvalue weighted by Gasteiger charge is 2.62. The van der Waals surface area contributed by atoms with Crippen molar-refractivity contribution in [3.8, 4) is 0 Å². The van der Waals surface area contributed by atoms with Crippen LogP contribution in [0.2, 0.25) is 0 Å². The zero-order valence-corrected chi connectivity index (χ0v) is 15.2. The summed E-state index contributed by atoms with van der Waals surface area (Å²) in [5, 5.41) is 11.0. The monoisotopic (exact) mass is 316 g/mol. The van der Waals surface area contributed by atoms with Crippen LogP contribution in [0.3, 0.4) is 0 Å². The van der Waals surface area contributed by atoms with Gasteiger partial charge in [0.2, 0.25) is 0 Å². The number of hydrogen-bond acceptors (Lipinski definition) is 2. The second kappa shape index (κ2) is 4.71. The van der Waals surface area contributed by atoms with Gasteiger partial charge >= 0.3 is 0 Å². The fraction of sp³-hybridized carbons (Fsp3) is 0.857. The first kappa shape index (κ1) is 15.9. The molecule has 6 atom stereocenters. The van der Waals surface area contributed by atoms with E-state index in [0.29, 0.717) is 11.7 Å². The second-order valence-electron chi connectivity index (χ2n) is 9.63. The zero-order valence-electron chi connectivity index (χ0n) is 15.2. The van der Waals surface area contributed by atoms with Crippen molar-refractivity contribution < 1.29 is 9.90 Å². The molecule has 0 bridgehead atoms. The summed E-state index contributed by atoms with van der Waals surface area (Å²) >= 11 is 0. The van der Waals surface area contributed by atoms with Crippen LogP contribution in [0.15, 0.2) is 11.1 Å². The highest BCUT2D eigenvalue weighted by Crippen LogP contribution is 2.67. The molecule has 0 spiro atoms. The number of ketones is 1. The van der Waals surface area contributed by atoms with Gasteiger partial charge in [-0.3, -0.25) is 4.79 Å². The van der Waals surface area contributed by atoms with E-state index in [2.05, 4.69) is 27.7 Å². The summed E-state index contributed by atoms with van der Waals surface area (Å²) in [5.41, 5.74) is 2.44. The molecule has 2 heteroatoms. The summed E-state index contributed by atoms with van der Waals surface area (Å²) in [4.78, 5) is 12.2. The molecule has 0 saturated heterocycles. The minimum Gasteiger partial charge on any atom is -0.390 e. The van der Waals surface area contributed by atoms with Crippen molar-refractivity contribution in [2.45, 2.75) is 84.7 Å². The first-order chi connectivity index (χ1) is 10.7. The van der Waals surface area contributed by atoms with Gasteiger partial charge in [0.1, 0.15) is 0 Å². The summed E-state index contributed by atoms with van der Waals surface area (Å²) in [5.74, 6) is 2.53. The molecule has 0 unspecified atom stereocenters. The fourth-order valence-electron chi connectivity index (χ4n) is 7.23. The highest BCUT2D eigenvalue weighted by atomic mass is 16.3. The summed E-state index contributed by atoms with van der Waals surface area (Å²) in [7, 11) is 0. The van der Waals surface area contributed by atoms with Gasteiger partial charge in [-0.1, -0.05) is 19.4 Å². The van der Waals surface area contributed by atoms with Crippen molar-refractivity contribution >= 4 is 5.78 Å². The maximum absolute atomic E-state index is 12.2. The summed E-state index contributed by atoms with van der Waals surface area (Å²) in [6.07, 6.45) is 8.69. The predicted octanol–water partition coefficient (Wildman–Crippen LogP) is 4.66. The smallest absolute Gasteiger partial charge is 0.158 e. The lowest BCUT2D eigenvalue weighted by atomic mass is 9.46. The van der Waals surface area contributed by atoms with Gasteiger partial charge in [0.25, 0.3) is 0 Å². The van der Waals surface area contributed by atoms with Gasteiger partial charge in [-0.15, -0.1) is 0 Å². The number of fused-ring (bicyclic) bond motifs is 5. The number of carbonyl (C=O) groups is 1. The van der Waals surface area contributed by atoms with Crippen molar-refractivity contribution in [1.29, 1.82) is 0 Å². The van der Waals surface area contributed by atoms with Crippen LogP contribution >= 0.6 is 0 Å². The number of carbonyl (C=O) groups excluding carboxylic acids is 1. The van der Waals surface area contributed by atoms with Crippen LogP contribution in [0.25, 0.3) is 0 Å². The van der Waals surface area contributed by atoms with Crippen LogP contribution in [0.4, 0.5) is 0 Å². The molecular formula is C21H32O2. The van der Waals surface area contributed by atoms with Gasteiger partial charge in [0, 0.05) is 6.42 Å². The van der Waals surface area contributed by atoms with E-state index >= 15 is 0 Å². The van der Waals surface area contributed by atoms with E-state index < -0.39 is 5.60 Å². The molecule has 3 fully saturated rings. The molecule has 23 heavy (non-hydrogen) atoms.